The van der Waals surface area contributed by atoms with Crippen molar-refractivity contribution in [2.75, 3.05) is 26.2 Å². The van der Waals surface area contributed by atoms with Crippen molar-refractivity contribution in [3.63, 3.8) is 0 Å². The smallest absolute Gasteiger partial charge is 0.254 e. The zero-order chi connectivity index (χ0) is 23.3. The largest absolute Gasteiger partial charge is 0.489 e. The van der Waals surface area contributed by atoms with Crippen LogP contribution >= 0.6 is 0 Å². The summed E-state index contributed by atoms with van der Waals surface area (Å²) in [6.45, 7) is 2.35. The Morgan fingerprint density at radius 2 is 1.06 bits per heavy atom. The van der Waals surface area contributed by atoms with Crippen LogP contribution in [0.3, 0.4) is 0 Å². The first-order chi connectivity index (χ1) is 16.7. The molecule has 2 fully saturated rings. The third kappa shape index (κ3) is 5.06. The molecule has 34 heavy (non-hydrogen) atoms. The van der Waals surface area contributed by atoms with Crippen LogP contribution in [0.25, 0.3) is 0 Å². The van der Waals surface area contributed by atoms with Crippen molar-refractivity contribution in [3.8, 4) is 11.5 Å². The van der Waals surface area contributed by atoms with Gasteiger partial charge in [0.2, 0.25) is 0 Å². The van der Waals surface area contributed by atoms with Gasteiger partial charge in [-0.3, -0.25) is 9.59 Å². The quantitative estimate of drug-likeness (QED) is 0.556. The van der Waals surface area contributed by atoms with E-state index < -0.39 is 0 Å². The zero-order valence-electron chi connectivity index (χ0n) is 19.0. The minimum Gasteiger partial charge on any atom is -0.489 e. The SMILES string of the molecule is O=C(c1cccc(C(=O)N2CC[C@@H](Oc3ccccc3)C2)c1)N1CC[C@@H](Oc2ccccc2)C1. The number of hydrogen-bond acceptors (Lipinski definition) is 4. The van der Waals surface area contributed by atoms with Gasteiger partial charge < -0.3 is 19.3 Å². The van der Waals surface area contributed by atoms with E-state index in [2.05, 4.69) is 0 Å². The molecular weight excluding hydrogens is 428 g/mol. The van der Waals surface area contributed by atoms with E-state index in [9.17, 15) is 9.59 Å². The Balaban J connectivity index is 1.19. The van der Waals surface area contributed by atoms with Gasteiger partial charge in [0.15, 0.2) is 0 Å². The second kappa shape index (κ2) is 10.00. The highest BCUT2D eigenvalue weighted by atomic mass is 16.5. The predicted molar refractivity (Wildman–Crippen MR) is 129 cm³/mol. The highest BCUT2D eigenvalue weighted by Crippen LogP contribution is 2.22. The number of amides is 2. The maximum Gasteiger partial charge on any atom is 0.254 e. The van der Waals surface area contributed by atoms with E-state index in [4.69, 9.17) is 9.47 Å². The lowest BCUT2D eigenvalue weighted by Crippen LogP contribution is -2.32. The fourth-order valence-corrected chi connectivity index (χ4v) is 4.55. The second-order valence-corrected chi connectivity index (χ2v) is 8.77. The third-order valence-electron chi connectivity index (χ3n) is 6.31. The van der Waals surface area contributed by atoms with Crippen molar-refractivity contribution in [2.24, 2.45) is 0 Å². The first kappa shape index (κ1) is 22.0. The molecule has 0 bridgehead atoms. The van der Waals surface area contributed by atoms with E-state index in [1.807, 2.05) is 60.7 Å². The summed E-state index contributed by atoms with van der Waals surface area (Å²) in [5, 5.41) is 0. The second-order valence-electron chi connectivity index (χ2n) is 8.77. The Morgan fingerprint density at radius 3 is 1.50 bits per heavy atom. The molecule has 174 valence electrons. The van der Waals surface area contributed by atoms with Gasteiger partial charge in [0.05, 0.1) is 13.1 Å². The van der Waals surface area contributed by atoms with E-state index in [-0.39, 0.29) is 24.0 Å². The number of nitrogens with zero attached hydrogens (tertiary/aromatic N) is 2. The molecule has 0 saturated carbocycles. The maximum atomic E-state index is 13.1. The zero-order valence-corrected chi connectivity index (χ0v) is 19.0. The van der Waals surface area contributed by atoms with Crippen molar-refractivity contribution in [1.82, 2.24) is 9.80 Å². The Kier molecular flexibility index (Phi) is 6.47. The molecular formula is C28H28N2O4. The maximum absolute atomic E-state index is 13.1. The van der Waals surface area contributed by atoms with E-state index >= 15 is 0 Å². The summed E-state index contributed by atoms with van der Waals surface area (Å²) in [5.41, 5.74) is 1.06. The number of carbonyl (C=O) groups excluding carboxylic acids is 2. The Bertz CT molecular complexity index is 1050. The van der Waals surface area contributed by atoms with E-state index in [1.54, 1.807) is 34.1 Å². The van der Waals surface area contributed by atoms with Crippen molar-refractivity contribution in [2.45, 2.75) is 25.0 Å². The molecule has 2 amide bonds. The lowest BCUT2D eigenvalue weighted by molar-refractivity contribution is 0.0770. The van der Waals surface area contributed by atoms with Crippen LogP contribution in [0.1, 0.15) is 33.6 Å². The molecule has 0 radical (unpaired) electrons. The molecule has 3 aromatic carbocycles. The number of rotatable bonds is 6. The van der Waals surface area contributed by atoms with Gasteiger partial charge in [0, 0.05) is 37.1 Å². The molecule has 6 nitrogen and oxygen atoms in total. The molecule has 2 aliphatic heterocycles. The van der Waals surface area contributed by atoms with Crippen LogP contribution in [0.5, 0.6) is 11.5 Å². The molecule has 2 heterocycles. The van der Waals surface area contributed by atoms with E-state index in [1.165, 1.54) is 0 Å². The average molecular weight is 457 g/mol. The minimum atomic E-state index is -0.0690. The molecule has 0 aliphatic carbocycles. The lowest BCUT2D eigenvalue weighted by atomic mass is 10.1. The molecule has 2 atom stereocenters. The minimum absolute atomic E-state index is 0.0256. The summed E-state index contributed by atoms with van der Waals surface area (Å²) in [7, 11) is 0. The first-order valence-electron chi connectivity index (χ1n) is 11.8. The van der Waals surface area contributed by atoms with Gasteiger partial charge in [-0.1, -0.05) is 42.5 Å². The first-order valence-corrected chi connectivity index (χ1v) is 11.8. The number of hydrogen-bond donors (Lipinski definition) is 0. The van der Waals surface area contributed by atoms with Gasteiger partial charge in [-0.25, -0.2) is 0 Å². The molecule has 0 unspecified atom stereocenters. The van der Waals surface area contributed by atoms with Crippen LogP contribution in [-0.2, 0) is 0 Å². The van der Waals surface area contributed by atoms with Crippen LogP contribution in [0, 0.1) is 0 Å². The number of likely N-dealkylation sites (tertiary alicyclic amines) is 2. The highest BCUT2D eigenvalue weighted by molar-refractivity contribution is 5.99. The van der Waals surface area contributed by atoms with E-state index in [0.717, 1.165) is 24.3 Å². The fraction of sp³-hybridized carbons (Fsp3) is 0.286. The summed E-state index contributed by atoms with van der Waals surface area (Å²) < 4.78 is 12.0. The van der Waals surface area contributed by atoms with Gasteiger partial charge in [-0.05, 0) is 42.5 Å². The molecule has 2 saturated heterocycles. The van der Waals surface area contributed by atoms with Crippen LogP contribution < -0.4 is 9.47 Å². The van der Waals surface area contributed by atoms with Crippen molar-refractivity contribution in [3.05, 3.63) is 96.1 Å². The summed E-state index contributed by atoms with van der Waals surface area (Å²) in [5.74, 6) is 1.49. The van der Waals surface area contributed by atoms with Crippen LogP contribution in [0.15, 0.2) is 84.9 Å². The standard InChI is InChI=1S/C28H28N2O4/c31-27(29-16-14-25(19-29)33-23-10-3-1-4-11-23)21-8-7-9-22(18-21)28(32)30-17-15-26(20-30)34-24-12-5-2-6-13-24/h1-13,18,25-26H,14-17,19-20H2/t25-,26-/m1/s1. The summed E-state index contributed by atoms with van der Waals surface area (Å²) in [6.07, 6.45) is 1.52. The van der Waals surface area contributed by atoms with Crippen LogP contribution in [-0.4, -0.2) is 60.0 Å². The monoisotopic (exact) mass is 456 g/mol. The molecule has 0 N–H and O–H groups in total. The van der Waals surface area contributed by atoms with Gasteiger partial charge in [-0.15, -0.1) is 0 Å². The number of para-hydroxylation sites is 2. The summed E-state index contributed by atoms with van der Waals surface area (Å²) in [6, 6.07) is 26.4. The molecule has 0 aromatic heterocycles. The topological polar surface area (TPSA) is 59.1 Å². The third-order valence-corrected chi connectivity index (χ3v) is 6.31. The number of ether oxygens (including phenoxy) is 2. The van der Waals surface area contributed by atoms with Gasteiger partial charge in [-0.2, -0.15) is 0 Å². The van der Waals surface area contributed by atoms with Crippen molar-refractivity contribution >= 4 is 11.8 Å². The Hall–Kier alpha value is -3.80. The van der Waals surface area contributed by atoms with E-state index in [0.29, 0.717) is 37.3 Å². The number of benzene rings is 3. The summed E-state index contributed by atoms with van der Waals surface area (Å²) >= 11 is 0. The fourth-order valence-electron chi connectivity index (χ4n) is 4.55. The Morgan fingerprint density at radius 1 is 0.618 bits per heavy atom. The normalized spacial score (nSPS) is 19.8. The molecule has 2 aliphatic rings. The average Bonchev–Trinajstić information content (AvgIpc) is 3.54. The predicted octanol–water partition coefficient (Wildman–Crippen LogP) is 4.27. The Labute approximate surface area is 199 Å². The van der Waals surface area contributed by atoms with Gasteiger partial charge in [0.25, 0.3) is 11.8 Å². The van der Waals surface area contributed by atoms with Crippen molar-refractivity contribution in [1.29, 1.82) is 0 Å². The highest BCUT2D eigenvalue weighted by Gasteiger charge is 2.30. The van der Waals surface area contributed by atoms with Gasteiger partial charge in [0.1, 0.15) is 23.7 Å². The molecule has 3 aromatic rings. The van der Waals surface area contributed by atoms with Gasteiger partial charge >= 0.3 is 0 Å². The number of carbonyl (C=O) groups is 2. The molecule has 0 spiro atoms. The van der Waals surface area contributed by atoms with Crippen LogP contribution in [0.4, 0.5) is 0 Å². The van der Waals surface area contributed by atoms with Crippen molar-refractivity contribution < 1.29 is 19.1 Å². The summed E-state index contributed by atoms with van der Waals surface area (Å²) in [4.78, 5) is 29.8. The molecule has 6 heteroatoms. The molecule has 5 rings (SSSR count). The lowest BCUT2D eigenvalue weighted by Gasteiger charge is -2.19. The van der Waals surface area contributed by atoms with Crippen LogP contribution in [0.2, 0.25) is 0 Å².